The van der Waals surface area contributed by atoms with E-state index in [2.05, 4.69) is 22.5 Å². The van der Waals surface area contributed by atoms with Gasteiger partial charge in [0, 0.05) is 44.1 Å². The van der Waals surface area contributed by atoms with Crippen LogP contribution in [0.1, 0.15) is 55.8 Å². The average Bonchev–Trinajstić information content (AvgIpc) is 3.13. The van der Waals surface area contributed by atoms with Crippen LogP contribution in [-0.4, -0.2) is 44.9 Å². The van der Waals surface area contributed by atoms with Crippen LogP contribution in [0.2, 0.25) is 0 Å². The van der Waals surface area contributed by atoms with Gasteiger partial charge in [-0.05, 0) is 45.4 Å². The van der Waals surface area contributed by atoms with Gasteiger partial charge in [-0.3, -0.25) is 4.98 Å². The number of pyridine rings is 1. The zero-order valence-electron chi connectivity index (χ0n) is 17.7. The number of methoxy groups -OCH3 is 2. The molecule has 1 aromatic heterocycles. The molecule has 0 bridgehead atoms. The number of aromatic nitrogens is 1. The van der Waals surface area contributed by atoms with Crippen molar-refractivity contribution in [3.05, 3.63) is 23.0 Å². The summed E-state index contributed by atoms with van der Waals surface area (Å²) >= 11 is 0. The summed E-state index contributed by atoms with van der Waals surface area (Å²) in [4.78, 5) is 9.32. The second-order valence-electron chi connectivity index (χ2n) is 7.54. The number of aliphatic imine (C=N–C) groups is 1. The Bertz CT molecular complexity index is 625. The van der Waals surface area contributed by atoms with Gasteiger partial charge in [-0.2, -0.15) is 0 Å². The molecule has 0 spiro atoms. The van der Waals surface area contributed by atoms with Gasteiger partial charge in [0.15, 0.2) is 5.96 Å². The number of hydrogen-bond acceptors (Lipinski definition) is 4. The molecule has 1 aliphatic rings. The number of hydrogen-bond donors (Lipinski definition) is 2. The lowest BCUT2D eigenvalue weighted by molar-refractivity contribution is 0.138. The molecule has 27 heavy (non-hydrogen) atoms. The molecule has 152 valence electrons. The molecule has 0 saturated heterocycles. The van der Waals surface area contributed by atoms with Crippen LogP contribution in [0.15, 0.2) is 11.2 Å². The summed E-state index contributed by atoms with van der Waals surface area (Å²) in [6.07, 6.45) is 8.11. The molecule has 6 heteroatoms. The van der Waals surface area contributed by atoms with E-state index in [-0.39, 0.29) is 0 Å². The van der Waals surface area contributed by atoms with Crippen molar-refractivity contribution in [2.75, 3.05) is 33.9 Å². The van der Waals surface area contributed by atoms with Crippen molar-refractivity contribution in [2.45, 2.75) is 59.4 Å². The van der Waals surface area contributed by atoms with Gasteiger partial charge < -0.3 is 20.1 Å². The number of aryl methyl sites for hydroxylation is 1. The normalized spacial score (nSPS) is 16.4. The van der Waals surface area contributed by atoms with Crippen LogP contribution in [-0.2, 0) is 11.3 Å². The Labute approximate surface area is 164 Å². The van der Waals surface area contributed by atoms with Crippen LogP contribution in [0.4, 0.5) is 0 Å². The fourth-order valence-corrected chi connectivity index (χ4v) is 3.96. The molecular weight excluding hydrogens is 340 g/mol. The average molecular weight is 377 g/mol. The summed E-state index contributed by atoms with van der Waals surface area (Å²) in [5.41, 5.74) is 3.39. The zero-order chi connectivity index (χ0) is 19.7. The standard InChI is InChI=1S/C21H36N4O2/c1-6-22-20(25-15-21(11-12-26-4)9-7-8-10-21)24-14-18-17(3)19(27-5)16(2)13-23-18/h13H,6-12,14-15H2,1-5H3,(H2,22,24,25). The summed E-state index contributed by atoms with van der Waals surface area (Å²) in [5.74, 6) is 1.75. The quantitative estimate of drug-likeness (QED) is 0.511. The van der Waals surface area contributed by atoms with E-state index >= 15 is 0 Å². The predicted octanol–water partition coefficient (Wildman–Crippen LogP) is 3.36. The first-order chi connectivity index (χ1) is 13.0. The third-order valence-electron chi connectivity index (χ3n) is 5.61. The minimum atomic E-state index is 0.327. The lowest BCUT2D eigenvalue weighted by Gasteiger charge is -2.30. The predicted molar refractivity (Wildman–Crippen MR) is 110 cm³/mol. The van der Waals surface area contributed by atoms with E-state index in [1.807, 2.05) is 20.0 Å². The maximum absolute atomic E-state index is 5.50. The summed E-state index contributed by atoms with van der Waals surface area (Å²) < 4.78 is 10.8. The number of nitrogens with zero attached hydrogens (tertiary/aromatic N) is 2. The molecular formula is C21H36N4O2. The number of guanidine groups is 1. The first-order valence-corrected chi connectivity index (χ1v) is 10.1. The monoisotopic (exact) mass is 376 g/mol. The van der Waals surface area contributed by atoms with Crippen molar-refractivity contribution >= 4 is 5.96 Å². The summed E-state index contributed by atoms with van der Waals surface area (Å²) in [5, 5.41) is 6.92. The smallest absolute Gasteiger partial charge is 0.191 e. The van der Waals surface area contributed by atoms with E-state index in [1.165, 1.54) is 25.7 Å². The highest BCUT2D eigenvalue weighted by molar-refractivity contribution is 5.79. The van der Waals surface area contributed by atoms with Gasteiger partial charge in [-0.15, -0.1) is 0 Å². The van der Waals surface area contributed by atoms with Crippen molar-refractivity contribution in [3.63, 3.8) is 0 Å². The lowest BCUT2D eigenvalue weighted by atomic mass is 9.83. The second-order valence-corrected chi connectivity index (χ2v) is 7.54. The van der Waals surface area contributed by atoms with Crippen molar-refractivity contribution < 1.29 is 9.47 Å². The molecule has 0 aliphatic heterocycles. The van der Waals surface area contributed by atoms with Gasteiger partial charge in [0.05, 0.1) is 19.3 Å². The number of rotatable bonds is 9. The molecule has 1 aromatic rings. The molecule has 1 aliphatic carbocycles. The van der Waals surface area contributed by atoms with Gasteiger partial charge in [-0.1, -0.05) is 12.8 Å². The third kappa shape index (κ3) is 5.83. The van der Waals surface area contributed by atoms with Crippen molar-refractivity contribution in [2.24, 2.45) is 10.4 Å². The Balaban J connectivity index is 2.06. The molecule has 1 saturated carbocycles. The van der Waals surface area contributed by atoms with Crippen LogP contribution in [0.5, 0.6) is 5.75 Å². The van der Waals surface area contributed by atoms with Crippen LogP contribution in [0.25, 0.3) is 0 Å². The lowest BCUT2D eigenvalue weighted by Crippen LogP contribution is -2.43. The highest BCUT2D eigenvalue weighted by atomic mass is 16.5. The van der Waals surface area contributed by atoms with E-state index in [4.69, 9.17) is 14.5 Å². The minimum Gasteiger partial charge on any atom is -0.496 e. The summed E-state index contributed by atoms with van der Waals surface area (Å²) in [6.45, 7) is 9.27. The third-order valence-corrected chi connectivity index (χ3v) is 5.61. The fraction of sp³-hybridized carbons (Fsp3) is 0.714. The van der Waals surface area contributed by atoms with Crippen LogP contribution < -0.4 is 15.4 Å². The number of nitrogens with one attached hydrogen (secondary N) is 2. The summed E-state index contributed by atoms with van der Waals surface area (Å²) in [7, 11) is 3.49. The zero-order valence-corrected chi connectivity index (χ0v) is 17.7. The largest absolute Gasteiger partial charge is 0.496 e. The molecule has 0 unspecified atom stereocenters. The first-order valence-electron chi connectivity index (χ1n) is 10.1. The Morgan fingerprint density at radius 2 is 1.96 bits per heavy atom. The van der Waals surface area contributed by atoms with E-state index < -0.39 is 0 Å². The van der Waals surface area contributed by atoms with Gasteiger partial charge >= 0.3 is 0 Å². The van der Waals surface area contributed by atoms with Crippen LogP contribution in [0, 0.1) is 19.3 Å². The Morgan fingerprint density at radius 3 is 2.59 bits per heavy atom. The minimum absolute atomic E-state index is 0.327. The second kappa shape index (κ2) is 10.5. The molecule has 1 fully saturated rings. The number of ether oxygens (including phenoxy) is 2. The van der Waals surface area contributed by atoms with Gasteiger partial charge in [0.2, 0.25) is 0 Å². The Morgan fingerprint density at radius 1 is 1.22 bits per heavy atom. The van der Waals surface area contributed by atoms with E-state index in [9.17, 15) is 0 Å². The highest BCUT2D eigenvalue weighted by Crippen LogP contribution is 2.40. The van der Waals surface area contributed by atoms with E-state index in [0.717, 1.165) is 54.6 Å². The maximum Gasteiger partial charge on any atom is 0.191 e. The molecule has 0 aromatic carbocycles. The van der Waals surface area contributed by atoms with Gasteiger partial charge in [0.25, 0.3) is 0 Å². The van der Waals surface area contributed by atoms with Gasteiger partial charge in [-0.25, -0.2) is 4.99 Å². The summed E-state index contributed by atoms with van der Waals surface area (Å²) in [6, 6.07) is 0. The van der Waals surface area contributed by atoms with E-state index in [0.29, 0.717) is 12.0 Å². The molecule has 6 nitrogen and oxygen atoms in total. The molecule has 2 rings (SSSR count). The first kappa shape index (κ1) is 21.5. The Kier molecular flexibility index (Phi) is 8.35. The molecule has 1 heterocycles. The highest BCUT2D eigenvalue weighted by Gasteiger charge is 2.33. The molecule has 0 amide bonds. The van der Waals surface area contributed by atoms with Gasteiger partial charge in [0.1, 0.15) is 5.75 Å². The van der Waals surface area contributed by atoms with Crippen molar-refractivity contribution in [1.82, 2.24) is 15.6 Å². The van der Waals surface area contributed by atoms with Crippen molar-refractivity contribution in [3.8, 4) is 5.75 Å². The van der Waals surface area contributed by atoms with E-state index in [1.54, 1.807) is 14.2 Å². The molecule has 2 N–H and O–H groups in total. The maximum atomic E-state index is 5.50. The molecule has 0 atom stereocenters. The van der Waals surface area contributed by atoms with Crippen molar-refractivity contribution in [1.29, 1.82) is 0 Å². The molecule has 0 radical (unpaired) electrons. The SMILES string of the molecule is CCNC(=NCc1ncc(C)c(OC)c1C)NCC1(CCOC)CCCC1. The topological polar surface area (TPSA) is 67.8 Å². The Hall–Kier alpha value is -1.82. The van der Waals surface area contributed by atoms with Crippen LogP contribution in [0.3, 0.4) is 0 Å². The van der Waals surface area contributed by atoms with Crippen LogP contribution >= 0.6 is 0 Å². The fourth-order valence-electron chi connectivity index (χ4n) is 3.96.